The predicted octanol–water partition coefficient (Wildman–Crippen LogP) is 6.67. The maximum atomic E-state index is 9.94. The van der Waals surface area contributed by atoms with Crippen molar-refractivity contribution in [1.82, 2.24) is 4.90 Å². The maximum absolute atomic E-state index is 9.94. The zero-order valence-electron chi connectivity index (χ0n) is 20.6. The van der Waals surface area contributed by atoms with E-state index in [2.05, 4.69) is 85.5 Å². The number of piperidine rings is 1. The highest BCUT2D eigenvalue weighted by atomic mass is 16.3. The minimum absolute atomic E-state index is 0.158. The zero-order chi connectivity index (χ0) is 23.9. The van der Waals surface area contributed by atoms with Gasteiger partial charge in [0.2, 0.25) is 0 Å². The molecule has 0 aromatic heterocycles. The first-order valence-electron chi connectivity index (χ1n) is 12.9. The summed E-state index contributed by atoms with van der Waals surface area (Å²) in [6.07, 6.45) is 4.08. The van der Waals surface area contributed by atoms with E-state index in [1.54, 1.807) is 12.1 Å². The zero-order valence-corrected chi connectivity index (χ0v) is 20.6. The summed E-state index contributed by atoms with van der Waals surface area (Å²) in [7, 11) is 0. The molecule has 0 bridgehead atoms. The molecule has 34 heavy (non-hydrogen) atoms. The SMILES string of the molecule is CC(C)N1CCC(c2cccc(C(c3ccc(O)cc3)C(CCCO)c3ccccc3)c2)CC1. The van der Waals surface area contributed by atoms with Gasteiger partial charge in [-0.15, -0.1) is 0 Å². The van der Waals surface area contributed by atoms with Crippen LogP contribution in [0.15, 0.2) is 78.9 Å². The highest BCUT2D eigenvalue weighted by molar-refractivity contribution is 5.42. The summed E-state index contributed by atoms with van der Waals surface area (Å²) in [4.78, 5) is 2.58. The number of hydrogen-bond donors (Lipinski definition) is 2. The van der Waals surface area contributed by atoms with E-state index in [4.69, 9.17) is 0 Å². The predicted molar refractivity (Wildman–Crippen MR) is 141 cm³/mol. The van der Waals surface area contributed by atoms with Crippen LogP contribution in [0.5, 0.6) is 5.75 Å². The molecular weight excluding hydrogens is 418 g/mol. The topological polar surface area (TPSA) is 43.7 Å². The Morgan fingerprint density at radius 1 is 0.824 bits per heavy atom. The number of phenolic OH excluding ortho intramolecular Hbond substituents is 1. The van der Waals surface area contributed by atoms with Crippen LogP contribution in [0, 0.1) is 0 Å². The van der Waals surface area contributed by atoms with Gasteiger partial charge < -0.3 is 15.1 Å². The molecule has 3 heteroatoms. The van der Waals surface area contributed by atoms with E-state index in [1.165, 1.54) is 35.1 Å². The van der Waals surface area contributed by atoms with Crippen LogP contribution in [-0.2, 0) is 0 Å². The van der Waals surface area contributed by atoms with E-state index in [9.17, 15) is 10.2 Å². The van der Waals surface area contributed by atoms with Crippen LogP contribution in [0.2, 0.25) is 0 Å². The van der Waals surface area contributed by atoms with Crippen LogP contribution in [0.3, 0.4) is 0 Å². The summed E-state index contributed by atoms with van der Waals surface area (Å²) in [5.74, 6) is 1.30. The first-order chi connectivity index (χ1) is 16.6. The number of rotatable bonds is 9. The minimum Gasteiger partial charge on any atom is -0.508 e. The summed E-state index contributed by atoms with van der Waals surface area (Å²) in [5.41, 5.74) is 5.26. The largest absolute Gasteiger partial charge is 0.508 e. The molecule has 0 amide bonds. The fourth-order valence-electron chi connectivity index (χ4n) is 5.63. The first-order valence-corrected chi connectivity index (χ1v) is 12.9. The van der Waals surface area contributed by atoms with E-state index in [0.717, 1.165) is 25.9 Å². The van der Waals surface area contributed by atoms with E-state index in [0.29, 0.717) is 17.7 Å². The molecule has 1 aliphatic heterocycles. The highest BCUT2D eigenvalue weighted by Gasteiger charge is 2.28. The molecule has 3 aromatic carbocycles. The van der Waals surface area contributed by atoms with Crippen LogP contribution in [0.25, 0.3) is 0 Å². The number of likely N-dealkylation sites (tertiary alicyclic amines) is 1. The lowest BCUT2D eigenvalue weighted by molar-refractivity contribution is 0.172. The number of aliphatic hydroxyl groups excluding tert-OH is 1. The third-order valence-corrected chi connectivity index (χ3v) is 7.56. The summed E-state index contributed by atoms with van der Waals surface area (Å²) < 4.78 is 0. The van der Waals surface area contributed by atoms with Gasteiger partial charge in [0.25, 0.3) is 0 Å². The summed E-state index contributed by atoms with van der Waals surface area (Å²) >= 11 is 0. The average Bonchev–Trinajstić information content (AvgIpc) is 2.88. The molecule has 1 fully saturated rings. The molecule has 2 unspecified atom stereocenters. The minimum atomic E-state index is 0.158. The van der Waals surface area contributed by atoms with Crippen molar-refractivity contribution < 1.29 is 10.2 Å². The molecule has 3 nitrogen and oxygen atoms in total. The van der Waals surface area contributed by atoms with Crippen molar-refractivity contribution in [2.24, 2.45) is 0 Å². The Hall–Kier alpha value is -2.62. The van der Waals surface area contributed by atoms with Gasteiger partial charge in [-0.3, -0.25) is 0 Å². The molecule has 2 atom stereocenters. The lowest BCUT2D eigenvalue weighted by Gasteiger charge is -2.35. The molecule has 180 valence electrons. The summed E-state index contributed by atoms with van der Waals surface area (Å²) in [6, 6.07) is 28.2. The number of hydrogen-bond acceptors (Lipinski definition) is 3. The van der Waals surface area contributed by atoms with Crippen molar-refractivity contribution in [2.45, 2.75) is 63.3 Å². The molecule has 1 aliphatic rings. The van der Waals surface area contributed by atoms with Gasteiger partial charge in [-0.05, 0) is 98.8 Å². The van der Waals surface area contributed by atoms with Crippen LogP contribution < -0.4 is 0 Å². The lowest BCUT2D eigenvalue weighted by Crippen LogP contribution is -2.37. The monoisotopic (exact) mass is 457 g/mol. The van der Waals surface area contributed by atoms with Crippen molar-refractivity contribution >= 4 is 0 Å². The van der Waals surface area contributed by atoms with Crippen molar-refractivity contribution in [2.75, 3.05) is 19.7 Å². The molecule has 1 saturated heterocycles. The van der Waals surface area contributed by atoms with E-state index in [-0.39, 0.29) is 18.4 Å². The molecule has 2 N–H and O–H groups in total. The standard InChI is InChI=1S/C31H39NO2/c1-23(2)32-19-17-24(18-20-32)27-10-6-11-28(22-27)31(26-13-15-29(34)16-14-26)30(12-7-21-33)25-8-4-3-5-9-25/h3-6,8-11,13-16,22-24,30-31,33-34H,7,12,17-21H2,1-2H3. The van der Waals surface area contributed by atoms with Crippen molar-refractivity contribution in [3.05, 3.63) is 101 Å². The first kappa shape index (κ1) is 24.5. The number of benzene rings is 3. The molecule has 0 spiro atoms. The Morgan fingerprint density at radius 3 is 2.15 bits per heavy atom. The smallest absolute Gasteiger partial charge is 0.115 e. The lowest BCUT2D eigenvalue weighted by atomic mass is 9.74. The maximum Gasteiger partial charge on any atom is 0.115 e. The van der Waals surface area contributed by atoms with Gasteiger partial charge in [0.15, 0.2) is 0 Å². The second-order valence-corrected chi connectivity index (χ2v) is 10.0. The Morgan fingerprint density at radius 2 is 1.50 bits per heavy atom. The second kappa shape index (κ2) is 11.7. The van der Waals surface area contributed by atoms with Crippen LogP contribution in [-0.4, -0.2) is 40.9 Å². The molecule has 0 aliphatic carbocycles. The van der Waals surface area contributed by atoms with Gasteiger partial charge in [0.05, 0.1) is 0 Å². The van der Waals surface area contributed by atoms with Gasteiger partial charge in [-0.2, -0.15) is 0 Å². The molecule has 3 aromatic rings. The van der Waals surface area contributed by atoms with Crippen LogP contribution in [0.1, 0.15) is 79.5 Å². The van der Waals surface area contributed by atoms with Gasteiger partial charge in [0.1, 0.15) is 5.75 Å². The van der Waals surface area contributed by atoms with Gasteiger partial charge in [0, 0.05) is 18.6 Å². The second-order valence-electron chi connectivity index (χ2n) is 10.0. The average molecular weight is 458 g/mol. The Balaban J connectivity index is 1.71. The molecule has 0 saturated carbocycles. The quantitative estimate of drug-likeness (QED) is 0.377. The van der Waals surface area contributed by atoms with E-state index in [1.807, 2.05) is 0 Å². The molecular formula is C31H39NO2. The summed E-state index contributed by atoms with van der Waals surface area (Å²) in [5, 5.41) is 19.6. The Bertz CT molecular complexity index is 1010. The van der Waals surface area contributed by atoms with Gasteiger partial charge in [-0.25, -0.2) is 0 Å². The molecule has 0 radical (unpaired) electrons. The fourth-order valence-corrected chi connectivity index (χ4v) is 5.63. The van der Waals surface area contributed by atoms with Gasteiger partial charge >= 0.3 is 0 Å². The van der Waals surface area contributed by atoms with Crippen molar-refractivity contribution in [3.8, 4) is 5.75 Å². The number of aromatic hydroxyl groups is 1. The van der Waals surface area contributed by atoms with Crippen molar-refractivity contribution in [3.63, 3.8) is 0 Å². The third kappa shape index (κ3) is 5.89. The molecule has 1 heterocycles. The van der Waals surface area contributed by atoms with Crippen LogP contribution in [0.4, 0.5) is 0 Å². The molecule has 4 rings (SSSR count). The third-order valence-electron chi connectivity index (χ3n) is 7.56. The number of phenols is 1. The van der Waals surface area contributed by atoms with Gasteiger partial charge in [-0.1, -0.05) is 66.7 Å². The van der Waals surface area contributed by atoms with Crippen molar-refractivity contribution in [1.29, 1.82) is 0 Å². The Kier molecular flexibility index (Phi) is 8.42. The normalized spacial score (nSPS) is 17.1. The van der Waals surface area contributed by atoms with E-state index >= 15 is 0 Å². The fraction of sp³-hybridized carbons (Fsp3) is 0.419. The summed E-state index contributed by atoms with van der Waals surface area (Å²) in [6.45, 7) is 7.10. The van der Waals surface area contributed by atoms with E-state index < -0.39 is 0 Å². The van der Waals surface area contributed by atoms with Crippen LogP contribution >= 0.6 is 0 Å². The Labute approximate surface area is 205 Å². The number of nitrogens with zero attached hydrogens (tertiary/aromatic N) is 1. The highest BCUT2D eigenvalue weighted by Crippen LogP contribution is 2.43. The number of aliphatic hydroxyl groups is 1.